The van der Waals surface area contributed by atoms with Crippen molar-refractivity contribution < 1.29 is 4.79 Å². The van der Waals surface area contributed by atoms with Gasteiger partial charge < -0.3 is 0 Å². The van der Waals surface area contributed by atoms with Crippen LogP contribution in [0.15, 0.2) is 65.3 Å². The van der Waals surface area contributed by atoms with Gasteiger partial charge >= 0.3 is 0 Å². The molecule has 0 bridgehead atoms. The van der Waals surface area contributed by atoms with E-state index in [1.54, 1.807) is 0 Å². The number of carbonyl (C=O) groups is 1. The molecule has 0 aromatic heterocycles. The van der Waals surface area contributed by atoms with Gasteiger partial charge in [0.1, 0.15) is 0 Å². The highest BCUT2D eigenvalue weighted by Crippen LogP contribution is 2.19. The highest BCUT2D eigenvalue weighted by atomic mass is 16.1. The highest BCUT2D eigenvalue weighted by Gasteiger charge is 2.12. The third-order valence-corrected chi connectivity index (χ3v) is 3.14. The third-order valence-electron chi connectivity index (χ3n) is 3.14. The lowest BCUT2D eigenvalue weighted by atomic mass is 9.95. The summed E-state index contributed by atoms with van der Waals surface area (Å²) in [7, 11) is 0. The number of carbonyl (C=O) groups excluding carboxylic acids is 1. The van der Waals surface area contributed by atoms with Crippen molar-refractivity contribution in [3.8, 4) is 0 Å². The SMILES string of the molecule is CC1=CC(=CCCc2ccccc2)C=C(C)C1=O. The molecule has 0 radical (unpaired) electrons. The zero-order chi connectivity index (χ0) is 13.0. The van der Waals surface area contributed by atoms with Crippen molar-refractivity contribution in [3.63, 3.8) is 0 Å². The predicted octanol–water partition coefficient (Wildman–Crippen LogP) is 4.02. The summed E-state index contributed by atoms with van der Waals surface area (Å²) >= 11 is 0. The lowest BCUT2D eigenvalue weighted by Gasteiger charge is -2.09. The van der Waals surface area contributed by atoms with Crippen LogP contribution in [0.2, 0.25) is 0 Å². The maximum atomic E-state index is 11.6. The first-order chi connectivity index (χ1) is 8.66. The van der Waals surface area contributed by atoms with Crippen molar-refractivity contribution in [1.82, 2.24) is 0 Å². The van der Waals surface area contributed by atoms with E-state index in [2.05, 4.69) is 30.3 Å². The summed E-state index contributed by atoms with van der Waals surface area (Å²) in [5.74, 6) is 0.162. The first-order valence-corrected chi connectivity index (χ1v) is 6.32. The van der Waals surface area contributed by atoms with Crippen LogP contribution in [0.1, 0.15) is 25.8 Å². The van der Waals surface area contributed by atoms with E-state index in [4.69, 9.17) is 0 Å². The Kier molecular flexibility index (Phi) is 3.93. The van der Waals surface area contributed by atoms with Crippen molar-refractivity contribution in [2.45, 2.75) is 26.7 Å². The Bertz CT molecular complexity index is 506. The predicted molar refractivity (Wildman–Crippen MR) is 75.4 cm³/mol. The number of hydrogen-bond acceptors (Lipinski definition) is 1. The normalized spacial score (nSPS) is 15.2. The van der Waals surface area contributed by atoms with Gasteiger partial charge in [0.15, 0.2) is 5.78 Å². The first kappa shape index (κ1) is 12.6. The summed E-state index contributed by atoms with van der Waals surface area (Å²) in [5, 5.41) is 0. The van der Waals surface area contributed by atoms with Gasteiger partial charge in [0.2, 0.25) is 0 Å². The summed E-state index contributed by atoms with van der Waals surface area (Å²) in [6.07, 6.45) is 8.19. The molecule has 0 saturated carbocycles. The van der Waals surface area contributed by atoms with Crippen LogP contribution in [0.3, 0.4) is 0 Å². The summed E-state index contributed by atoms with van der Waals surface area (Å²) in [4.78, 5) is 11.6. The maximum Gasteiger partial charge on any atom is 0.184 e. The molecule has 18 heavy (non-hydrogen) atoms. The number of hydrogen-bond donors (Lipinski definition) is 0. The standard InChI is InChI=1S/C17H18O/c1-13-11-16(12-14(2)17(13)18)10-6-9-15-7-4-3-5-8-15/h3-5,7-8,10-12H,6,9H2,1-2H3. The zero-order valence-electron chi connectivity index (χ0n) is 10.9. The topological polar surface area (TPSA) is 17.1 Å². The fourth-order valence-corrected chi connectivity index (χ4v) is 2.15. The minimum absolute atomic E-state index is 0.162. The van der Waals surface area contributed by atoms with Gasteiger partial charge in [-0.1, -0.05) is 36.4 Å². The van der Waals surface area contributed by atoms with Crippen molar-refractivity contribution in [1.29, 1.82) is 0 Å². The second-order valence-electron chi connectivity index (χ2n) is 4.71. The molecule has 1 nitrogen and oxygen atoms in total. The van der Waals surface area contributed by atoms with E-state index in [9.17, 15) is 4.79 Å². The molecule has 1 aliphatic carbocycles. The molecule has 1 aromatic carbocycles. The molecule has 0 atom stereocenters. The average Bonchev–Trinajstić information content (AvgIpc) is 2.37. The average molecular weight is 238 g/mol. The monoisotopic (exact) mass is 238 g/mol. The summed E-state index contributed by atoms with van der Waals surface area (Å²) in [6, 6.07) is 10.5. The molecule has 92 valence electrons. The van der Waals surface area contributed by atoms with Crippen LogP contribution in [-0.2, 0) is 11.2 Å². The molecule has 0 unspecified atom stereocenters. The van der Waals surface area contributed by atoms with E-state index < -0.39 is 0 Å². The van der Waals surface area contributed by atoms with Gasteiger partial charge in [-0.2, -0.15) is 0 Å². The minimum Gasteiger partial charge on any atom is -0.289 e. The van der Waals surface area contributed by atoms with Crippen LogP contribution >= 0.6 is 0 Å². The van der Waals surface area contributed by atoms with Crippen molar-refractivity contribution >= 4 is 5.78 Å². The molecule has 0 amide bonds. The summed E-state index contributed by atoms with van der Waals surface area (Å²) < 4.78 is 0. The van der Waals surface area contributed by atoms with Gasteiger partial charge in [-0.05, 0) is 61.1 Å². The van der Waals surface area contributed by atoms with Gasteiger partial charge in [0.05, 0.1) is 0 Å². The molecular formula is C17H18O. The van der Waals surface area contributed by atoms with E-state index in [0.717, 1.165) is 29.6 Å². The second kappa shape index (κ2) is 5.63. The van der Waals surface area contributed by atoms with Gasteiger partial charge in [0.25, 0.3) is 0 Å². The summed E-state index contributed by atoms with van der Waals surface area (Å²) in [5.41, 5.74) is 4.17. The molecule has 0 N–H and O–H groups in total. The van der Waals surface area contributed by atoms with Crippen molar-refractivity contribution in [2.75, 3.05) is 0 Å². The number of ketones is 1. The fraction of sp³-hybridized carbons (Fsp3) is 0.235. The van der Waals surface area contributed by atoms with Gasteiger partial charge in [-0.25, -0.2) is 0 Å². The Morgan fingerprint density at radius 2 is 1.61 bits per heavy atom. The zero-order valence-corrected chi connectivity index (χ0v) is 10.9. The Hall–Kier alpha value is -1.89. The lowest BCUT2D eigenvalue weighted by molar-refractivity contribution is -0.112. The molecule has 0 spiro atoms. The van der Waals surface area contributed by atoms with Crippen LogP contribution < -0.4 is 0 Å². The molecule has 1 aromatic rings. The lowest BCUT2D eigenvalue weighted by Crippen LogP contribution is -2.05. The Morgan fingerprint density at radius 1 is 1.00 bits per heavy atom. The minimum atomic E-state index is 0.162. The van der Waals surface area contributed by atoms with Crippen molar-refractivity contribution in [3.05, 3.63) is 70.8 Å². The van der Waals surface area contributed by atoms with Crippen LogP contribution in [-0.4, -0.2) is 5.78 Å². The van der Waals surface area contributed by atoms with E-state index in [1.165, 1.54) is 5.56 Å². The number of Topliss-reactive ketones (excluding diaryl/α,β-unsaturated/α-hetero) is 1. The van der Waals surface area contributed by atoms with E-state index in [1.807, 2.05) is 32.1 Å². The number of allylic oxidation sites excluding steroid dienone is 6. The highest BCUT2D eigenvalue weighted by molar-refractivity contribution is 6.09. The van der Waals surface area contributed by atoms with Gasteiger partial charge in [-0.15, -0.1) is 0 Å². The van der Waals surface area contributed by atoms with Gasteiger partial charge in [-0.3, -0.25) is 4.79 Å². The van der Waals surface area contributed by atoms with E-state index in [-0.39, 0.29) is 5.78 Å². The Balaban J connectivity index is 2.01. The quantitative estimate of drug-likeness (QED) is 0.777. The molecule has 0 heterocycles. The van der Waals surface area contributed by atoms with Gasteiger partial charge in [0, 0.05) is 0 Å². The number of rotatable bonds is 3. The van der Waals surface area contributed by atoms with Crippen molar-refractivity contribution in [2.24, 2.45) is 0 Å². The largest absolute Gasteiger partial charge is 0.289 e. The van der Waals surface area contributed by atoms with E-state index >= 15 is 0 Å². The number of aryl methyl sites for hydroxylation is 1. The third kappa shape index (κ3) is 3.07. The summed E-state index contributed by atoms with van der Waals surface area (Å²) in [6.45, 7) is 3.76. The van der Waals surface area contributed by atoms with Crippen LogP contribution in [0.25, 0.3) is 0 Å². The Labute approximate surface area is 109 Å². The fourth-order valence-electron chi connectivity index (χ4n) is 2.15. The number of benzene rings is 1. The smallest absolute Gasteiger partial charge is 0.184 e. The molecule has 2 rings (SSSR count). The molecular weight excluding hydrogens is 220 g/mol. The molecule has 1 aliphatic rings. The van der Waals surface area contributed by atoms with Crippen LogP contribution in [0.5, 0.6) is 0 Å². The van der Waals surface area contributed by atoms with E-state index in [0.29, 0.717) is 0 Å². The molecule has 0 fully saturated rings. The van der Waals surface area contributed by atoms with Crippen LogP contribution in [0, 0.1) is 0 Å². The second-order valence-corrected chi connectivity index (χ2v) is 4.71. The molecule has 0 saturated heterocycles. The first-order valence-electron chi connectivity index (χ1n) is 6.32. The maximum absolute atomic E-state index is 11.6. The molecule has 0 aliphatic heterocycles. The van der Waals surface area contributed by atoms with Crippen LogP contribution in [0.4, 0.5) is 0 Å². The molecule has 1 heteroatoms. The Morgan fingerprint density at radius 3 is 2.22 bits per heavy atom.